The first-order valence-electron chi connectivity index (χ1n) is 6.37. The van der Waals surface area contributed by atoms with E-state index in [-0.39, 0.29) is 0 Å². The summed E-state index contributed by atoms with van der Waals surface area (Å²) in [7, 11) is -3.57. The Morgan fingerprint density at radius 3 is 2.37 bits per heavy atom. The van der Waals surface area contributed by atoms with Gasteiger partial charge in [-0.05, 0) is 44.7 Å². The van der Waals surface area contributed by atoms with Gasteiger partial charge >= 0.3 is 0 Å². The number of aryl methyl sites for hydroxylation is 3. The number of benzene rings is 1. The average molecular weight is 278 g/mol. The van der Waals surface area contributed by atoms with E-state index in [1.54, 1.807) is 0 Å². The van der Waals surface area contributed by atoms with Crippen molar-refractivity contribution in [3.8, 4) is 6.07 Å². The molecule has 0 aromatic heterocycles. The Hall–Kier alpha value is -1.38. The summed E-state index contributed by atoms with van der Waals surface area (Å²) >= 11 is 0. The highest BCUT2D eigenvalue weighted by molar-refractivity contribution is 7.89. The maximum Gasteiger partial charge on any atom is 0.244 e. The zero-order valence-corrected chi connectivity index (χ0v) is 12.3. The third kappa shape index (κ3) is 2.38. The van der Waals surface area contributed by atoms with Crippen molar-refractivity contribution < 1.29 is 8.42 Å². The third-order valence-corrected chi connectivity index (χ3v) is 5.74. The Morgan fingerprint density at radius 1 is 1.26 bits per heavy atom. The van der Waals surface area contributed by atoms with Crippen LogP contribution in [0.2, 0.25) is 0 Å². The molecule has 1 aromatic rings. The summed E-state index contributed by atoms with van der Waals surface area (Å²) in [5.74, 6) is 0. The Bertz CT molecular complexity index is 621. The van der Waals surface area contributed by atoms with Crippen LogP contribution in [-0.2, 0) is 10.0 Å². The predicted octanol–water partition coefficient (Wildman–Crippen LogP) is 2.29. The molecule has 4 nitrogen and oxygen atoms in total. The fraction of sp³-hybridized carbons (Fsp3) is 0.500. The van der Waals surface area contributed by atoms with Crippen molar-refractivity contribution in [1.82, 2.24) is 4.31 Å². The van der Waals surface area contributed by atoms with Gasteiger partial charge in [-0.2, -0.15) is 9.57 Å². The summed E-state index contributed by atoms with van der Waals surface area (Å²) < 4.78 is 26.8. The van der Waals surface area contributed by atoms with E-state index in [0.29, 0.717) is 17.9 Å². The summed E-state index contributed by atoms with van der Waals surface area (Å²) in [6.07, 6.45) is 1.38. The number of nitrogens with zero attached hydrogens (tertiary/aromatic N) is 2. The van der Waals surface area contributed by atoms with E-state index < -0.39 is 16.1 Å². The molecule has 1 heterocycles. The van der Waals surface area contributed by atoms with Crippen LogP contribution in [-0.4, -0.2) is 25.3 Å². The molecule has 1 atom stereocenters. The van der Waals surface area contributed by atoms with Crippen molar-refractivity contribution in [2.24, 2.45) is 0 Å². The first-order valence-corrected chi connectivity index (χ1v) is 7.81. The van der Waals surface area contributed by atoms with Gasteiger partial charge in [-0.1, -0.05) is 17.7 Å². The van der Waals surface area contributed by atoms with Crippen molar-refractivity contribution in [1.29, 1.82) is 5.26 Å². The van der Waals surface area contributed by atoms with Gasteiger partial charge in [0, 0.05) is 6.54 Å². The Kier molecular flexibility index (Phi) is 3.66. The van der Waals surface area contributed by atoms with E-state index in [9.17, 15) is 8.42 Å². The van der Waals surface area contributed by atoms with Gasteiger partial charge in [0.05, 0.1) is 11.0 Å². The molecular weight excluding hydrogens is 260 g/mol. The summed E-state index contributed by atoms with van der Waals surface area (Å²) in [5, 5.41) is 9.07. The van der Waals surface area contributed by atoms with Crippen LogP contribution >= 0.6 is 0 Å². The van der Waals surface area contributed by atoms with E-state index in [4.69, 9.17) is 5.26 Å². The van der Waals surface area contributed by atoms with Gasteiger partial charge in [0.2, 0.25) is 10.0 Å². The molecule has 5 heteroatoms. The lowest BCUT2D eigenvalue weighted by Crippen LogP contribution is -2.35. The minimum Gasteiger partial charge on any atom is -0.207 e. The van der Waals surface area contributed by atoms with Crippen LogP contribution in [0.15, 0.2) is 17.0 Å². The Balaban J connectivity index is 2.55. The molecule has 102 valence electrons. The summed E-state index contributed by atoms with van der Waals surface area (Å²) in [4.78, 5) is 0.361. The second kappa shape index (κ2) is 4.95. The predicted molar refractivity (Wildman–Crippen MR) is 73.2 cm³/mol. The van der Waals surface area contributed by atoms with Gasteiger partial charge in [-0.15, -0.1) is 0 Å². The zero-order chi connectivity index (χ0) is 14.2. The standard InChI is InChI=1S/C14H18N2O2S/c1-10-7-11(2)14(12(3)8-10)19(17,18)16-6-4-5-13(16)9-15/h7-8,13H,4-6H2,1-3H3. The number of hydrogen-bond donors (Lipinski definition) is 0. The van der Waals surface area contributed by atoms with E-state index in [1.807, 2.05) is 32.9 Å². The van der Waals surface area contributed by atoms with Crippen molar-refractivity contribution in [3.63, 3.8) is 0 Å². The quantitative estimate of drug-likeness (QED) is 0.834. The van der Waals surface area contributed by atoms with Gasteiger partial charge in [0.1, 0.15) is 6.04 Å². The Morgan fingerprint density at radius 2 is 1.84 bits per heavy atom. The molecule has 1 aliphatic heterocycles. The normalized spacial score (nSPS) is 20.4. The number of sulfonamides is 1. The number of rotatable bonds is 2. The molecule has 0 spiro atoms. The van der Waals surface area contributed by atoms with Gasteiger partial charge in [-0.3, -0.25) is 0 Å². The minimum atomic E-state index is -3.57. The van der Waals surface area contributed by atoms with Crippen LogP contribution in [0.1, 0.15) is 29.5 Å². The van der Waals surface area contributed by atoms with Crippen molar-refractivity contribution in [2.45, 2.75) is 44.6 Å². The molecule has 1 aromatic carbocycles. The lowest BCUT2D eigenvalue weighted by atomic mass is 10.1. The first kappa shape index (κ1) is 14.0. The van der Waals surface area contributed by atoms with Crippen LogP contribution in [0, 0.1) is 32.1 Å². The van der Waals surface area contributed by atoms with E-state index in [2.05, 4.69) is 6.07 Å². The molecule has 1 aliphatic rings. The maximum atomic E-state index is 12.7. The fourth-order valence-corrected chi connectivity index (χ4v) is 4.87. The summed E-state index contributed by atoms with van der Waals surface area (Å²) in [5.41, 5.74) is 2.55. The maximum absolute atomic E-state index is 12.7. The van der Waals surface area contributed by atoms with E-state index in [1.165, 1.54) is 4.31 Å². The second-order valence-corrected chi connectivity index (χ2v) is 6.96. The second-order valence-electron chi connectivity index (χ2n) is 5.13. The van der Waals surface area contributed by atoms with E-state index in [0.717, 1.165) is 23.1 Å². The molecule has 1 unspecified atom stereocenters. The zero-order valence-electron chi connectivity index (χ0n) is 11.5. The van der Waals surface area contributed by atoms with Crippen LogP contribution in [0.3, 0.4) is 0 Å². The molecule has 19 heavy (non-hydrogen) atoms. The van der Waals surface area contributed by atoms with Crippen LogP contribution in [0.5, 0.6) is 0 Å². The molecule has 1 saturated heterocycles. The third-order valence-electron chi connectivity index (χ3n) is 3.52. The fourth-order valence-electron chi connectivity index (χ4n) is 2.85. The van der Waals surface area contributed by atoms with Crippen molar-refractivity contribution in [3.05, 3.63) is 28.8 Å². The van der Waals surface area contributed by atoms with Crippen LogP contribution in [0.4, 0.5) is 0 Å². The van der Waals surface area contributed by atoms with Crippen molar-refractivity contribution >= 4 is 10.0 Å². The van der Waals surface area contributed by atoms with Gasteiger partial charge < -0.3 is 0 Å². The van der Waals surface area contributed by atoms with Crippen LogP contribution < -0.4 is 0 Å². The average Bonchev–Trinajstić information content (AvgIpc) is 2.75. The SMILES string of the molecule is Cc1cc(C)c(S(=O)(=O)N2CCCC2C#N)c(C)c1. The molecular formula is C14H18N2O2S. The smallest absolute Gasteiger partial charge is 0.207 e. The molecule has 0 radical (unpaired) electrons. The molecule has 1 fully saturated rings. The number of hydrogen-bond acceptors (Lipinski definition) is 3. The summed E-state index contributed by atoms with van der Waals surface area (Å²) in [6, 6.07) is 5.31. The Labute approximate surface area is 114 Å². The molecule has 0 bridgehead atoms. The van der Waals surface area contributed by atoms with E-state index >= 15 is 0 Å². The molecule has 2 rings (SSSR count). The molecule has 0 saturated carbocycles. The minimum absolute atomic E-state index is 0.361. The highest BCUT2D eigenvalue weighted by atomic mass is 32.2. The highest BCUT2D eigenvalue weighted by Gasteiger charge is 2.36. The molecule has 0 aliphatic carbocycles. The topological polar surface area (TPSA) is 61.2 Å². The number of nitriles is 1. The largest absolute Gasteiger partial charge is 0.244 e. The van der Waals surface area contributed by atoms with Gasteiger partial charge in [0.15, 0.2) is 0 Å². The van der Waals surface area contributed by atoms with Crippen molar-refractivity contribution in [2.75, 3.05) is 6.54 Å². The van der Waals surface area contributed by atoms with Gasteiger partial charge in [0.25, 0.3) is 0 Å². The molecule has 0 amide bonds. The lowest BCUT2D eigenvalue weighted by molar-refractivity contribution is 0.437. The first-order chi connectivity index (χ1) is 8.87. The van der Waals surface area contributed by atoms with Crippen LogP contribution in [0.25, 0.3) is 0 Å². The molecule has 0 N–H and O–H groups in total. The lowest BCUT2D eigenvalue weighted by Gasteiger charge is -2.22. The summed E-state index contributed by atoms with van der Waals surface area (Å²) in [6.45, 7) is 6.01. The van der Waals surface area contributed by atoms with Gasteiger partial charge in [-0.25, -0.2) is 8.42 Å². The monoisotopic (exact) mass is 278 g/mol. The highest BCUT2D eigenvalue weighted by Crippen LogP contribution is 2.30.